The molecule has 0 aromatic carbocycles. The summed E-state index contributed by atoms with van der Waals surface area (Å²) in [5, 5.41) is 12.0. The lowest BCUT2D eigenvalue weighted by molar-refractivity contribution is 1.34. The van der Waals surface area contributed by atoms with E-state index in [1.54, 1.807) is 0 Å². The Bertz CT molecular complexity index is 515. The molecule has 0 bridgehead atoms. The van der Waals surface area contributed by atoms with Crippen molar-refractivity contribution in [2.75, 3.05) is 0 Å². The van der Waals surface area contributed by atoms with Gasteiger partial charge in [-0.15, -0.1) is 11.3 Å². The van der Waals surface area contributed by atoms with E-state index in [-0.39, 0.29) is 0 Å². The predicted octanol–water partition coefficient (Wildman–Crippen LogP) is 3.58. The van der Waals surface area contributed by atoms with Gasteiger partial charge < -0.3 is 0 Å². The van der Waals surface area contributed by atoms with Crippen LogP contribution in [0, 0.1) is 11.3 Å². The number of hydrogen-bond donors (Lipinski definition) is 0. The Morgan fingerprint density at radius 1 is 1.62 bits per heavy atom. The van der Waals surface area contributed by atoms with Gasteiger partial charge in [0.25, 0.3) is 0 Å². The third kappa shape index (κ3) is 1.33. The number of nitrogens with zero attached hydrogens (tertiary/aromatic N) is 2. The van der Waals surface area contributed by atoms with Crippen molar-refractivity contribution in [3.63, 3.8) is 0 Å². The number of fused-ring (bicyclic) bond motifs is 1. The van der Waals surface area contributed by atoms with Gasteiger partial charge in [0.15, 0.2) is 0 Å². The third-order valence-corrected chi connectivity index (χ3v) is 3.85. The first-order chi connectivity index (χ1) is 6.24. The molecule has 2 aromatic rings. The summed E-state index contributed by atoms with van der Waals surface area (Å²) in [5.74, 6) is 0. The average Bonchev–Trinajstić information content (AvgIpc) is 2.50. The van der Waals surface area contributed by atoms with Gasteiger partial charge in [-0.25, -0.2) is 4.98 Å². The molecule has 2 heterocycles. The molecular formula is C8H2BrClN2S. The fraction of sp³-hybridized carbons (Fsp3) is 0. The van der Waals surface area contributed by atoms with E-state index >= 15 is 0 Å². The fourth-order valence-corrected chi connectivity index (χ4v) is 3.15. The molecule has 0 atom stereocenters. The number of halogens is 2. The molecule has 0 spiro atoms. The standard InChI is InChI=1S/C8H2BrClN2S/c9-5-3-13-7-4(1-11)2-12-8(10)6(5)7/h2-3H. The summed E-state index contributed by atoms with van der Waals surface area (Å²) >= 11 is 10.7. The van der Waals surface area contributed by atoms with Crippen LogP contribution in [0.5, 0.6) is 0 Å². The smallest absolute Gasteiger partial charge is 0.138 e. The zero-order chi connectivity index (χ0) is 9.42. The van der Waals surface area contributed by atoms with E-state index in [9.17, 15) is 0 Å². The van der Waals surface area contributed by atoms with Crippen molar-refractivity contribution >= 4 is 49.0 Å². The minimum absolute atomic E-state index is 0.433. The molecule has 0 amide bonds. The van der Waals surface area contributed by atoms with Crippen LogP contribution in [0.25, 0.3) is 10.1 Å². The second-order valence-corrected chi connectivity index (χ2v) is 4.45. The molecule has 0 aliphatic heterocycles. The van der Waals surface area contributed by atoms with Gasteiger partial charge in [0.1, 0.15) is 11.2 Å². The van der Waals surface area contributed by atoms with Gasteiger partial charge in [0, 0.05) is 21.4 Å². The monoisotopic (exact) mass is 272 g/mol. The van der Waals surface area contributed by atoms with Crippen molar-refractivity contribution in [1.82, 2.24) is 4.98 Å². The van der Waals surface area contributed by atoms with Gasteiger partial charge in [0.2, 0.25) is 0 Å². The molecule has 0 saturated heterocycles. The molecule has 0 unspecified atom stereocenters. The van der Waals surface area contributed by atoms with Crippen LogP contribution in [0.2, 0.25) is 5.15 Å². The molecule has 13 heavy (non-hydrogen) atoms. The Morgan fingerprint density at radius 3 is 3.08 bits per heavy atom. The summed E-state index contributed by atoms with van der Waals surface area (Å²) in [6, 6.07) is 2.08. The zero-order valence-corrected chi connectivity index (χ0v) is 9.37. The Labute approximate surface area is 91.9 Å². The van der Waals surface area contributed by atoms with E-state index in [2.05, 4.69) is 27.0 Å². The Hall–Kier alpha value is -0.630. The highest BCUT2D eigenvalue weighted by molar-refractivity contribution is 9.10. The summed E-state index contributed by atoms with van der Waals surface area (Å²) in [5.41, 5.74) is 0.565. The zero-order valence-electron chi connectivity index (χ0n) is 6.21. The van der Waals surface area contributed by atoms with Crippen LogP contribution in [0.1, 0.15) is 5.56 Å². The van der Waals surface area contributed by atoms with Gasteiger partial charge in [-0.3, -0.25) is 0 Å². The lowest BCUT2D eigenvalue weighted by atomic mass is 10.2. The third-order valence-electron chi connectivity index (χ3n) is 1.62. The van der Waals surface area contributed by atoms with Crippen LogP contribution >= 0.6 is 38.9 Å². The van der Waals surface area contributed by atoms with Crippen molar-refractivity contribution < 1.29 is 0 Å². The van der Waals surface area contributed by atoms with Crippen molar-refractivity contribution in [2.45, 2.75) is 0 Å². The molecule has 0 aliphatic carbocycles. The molecule has 0 fully saturated rings. The summed E-state index contributed by atoms with van der Waals surface area (Å²) < 4.78 is 1.77. The number of hydrogen-bond acceptors (Lipinski definition) is 3. The van der Waals surface area contributed by atoms with E-state index in [0.29, 0.717) is 10.7 Å². The molecule has 0 aliphatic rings. The molecule has 0 saturated carbocycles. The molecule has 0 N–H and O–H groups in total. The molecular weight excluding hydrogens is 272 g/mol. The fourth-order valence-electron chi connectivity index (χ4n) is 1.05. The van der Waals surface area contributed by atoms with Crippen molar-refractivity contribution in [3.8, 4) is 6.07 Å². The second-order valence-electron chi connectivity index (χ2n) is 2.36. The number of nitriles is 1. The van der Waals surface area contributed by atoms with Gasteiger partial charge in [-0.2, -0.15) is 5.26 Å². The van der Waals surface area contributed by atoms with E-state index in [4.69, 9.17) is 16.9 Å². The highest BCUT2D eigenvalue weighted by atomic mass is 79.9. The number of aromatic nitrogens is 1. The van der Waals surface area contributed by atoms with Crippen LogP contribution < -0.4 is 0 Å². The van der Waals surface area contributed by atoms with Gasteiger partial charge in [0.05, 0.1) is 10.3 Å². The summed E-state index contributed by atoms with van der Waals surface area (Å²) in [6.07, 6.45) is 1.49. The highest BCUT2D eigenvalue weighted by Crippen LogP contribution is 2.35. The lowest BCUT2D eigenvalue weighted by Crippen LogP contribution is -1.80. The highest BCUT2D eigenvalue weighted by Gasteiger charge is 2.10. The van der Waals surface area contributed by atoms with E-state index in [0.717, 1.165) is 14.6 Å². The molecule has 2 nitrogen and oxygen atoms in total. The summed E-state index contributed by atoms with van der Waals surface area (Å²) in [4.78, 5) is 3.93. The first-order valence-electron chi connectivity index (χ1n) is 3.35. The SMILES string of the molecule is N#Cc1cnc(Cl)c2c(Br)csc12. The molecule has 2 rings (SSSR count). The normalized spacial score (nSPS) is 10.2. The van der Waals surface area contributed by atoms with Crippen LogP contribution in [-0.4, -0.2) is 4.98 Å². The van der Waals surface area contributed by atoms with Crippen molar-refractivity contribution in [2.24, 2.45) is 0 Å². The van der Waals surface area contributed by atoms with Crippen molar-refractivity contribution in [3.05, 3.63) is 26.8 Å². The van der Waals surface area contributed by atoms with Crippen LogP contribution in [0.4, 0.5) is 0 Å². The predicted molar refractivity (Wildman–Crippen MR) is 57.0 cm³/mol. The molecule has 0 radical (unpaired) electrons. The number of rotatable bonds is 0. The first-order valence-corrected chi connectivity index (χ1v) is 5.40. The second kappa shape index (κ2) is 3.26. The van der Waals surface area contributed by atoms with E-state index < -0.39 is 0 Å². The minimum Gasteiger partial charge on any atom is -0.242 e. The maximum absolute atomic E-state index is 8.79. The van der Waals surface area contributed by atoms with Gasteiger partial charge >= 0.3 is 0 Å². The largest absolute Gasteiger partial charge is 0.242 e. The molecule has 5 heteroatoms. The summed E-state index contributed by atoms with van der Waals surface area (Å²) in [7, 11) is 0. The maximum atomic E-state index is 8.79. The van der Waals surface area contributed by atoms with Crippen molar-refractivity contribution in [1.29, 1.82) is 5.26 Å². The topological polar surface area (TPSA) is 36.7 Å². The van der Waals surface area contributed by atoms with E-state index in [1.807, 2.05) is 5.38 Å². The number of pyridine rings is 1. The Balaban J connectivity index is 2.97. The number of thiophene rings is 1. The maximum Gasteiger partial charge on any atom is 0.138 e. The summed E-state index contributed by atoms with van der Waals surface area (Å²) in [6.45, 7) is 0. The Kier molecular flexibility index (Phi) is 2.24. The minimum atomic E-state index is 0.433. The Morgan fingerprint density at radius 2 is 2.38 bits per heavy atom. The first kappa shape index (κ1) is 8.95. The van der Waals surface area contributed by atoms with E-state index in [1.165, 1.54) is 17.5 Å². The molecule has 64 valence electrons. The van der Waals surface area contributed by atoms with Crippen LogP contribution in [0.15, 0.2) is 16.0 Å². The van der Waals surface area contributed by atoms with Crippen LogP contribution in [-0.2, 0) is 0 Å². The van der Waals surface area contributed by atoms with Gasteiger partial charge in [-0.05, 0) is 15.9 Å². The molecule has 2 aromatic heterocycles. The van der Waals surface area contributed by atoms with Crippen LogP contribution in [0.3, 0.4) is 0 Å². The average molecular weight is 274 g/mol. The quantitative estimate of drug-likeness (QED) is 0.688. The lowest BCUT2D eigenvalue weighted by Gasteiger charge is -1.95. The van der Waals surface area contributed by atoms with Gasteiger partial charge in [-0.1, -0.05) is 11.6 Å².